The van der Waals surface area contributed by atoms with Crippen LogP contribution in [0.15, 0.2) is 53.7 Å². The highest BCUT2D eigenvalue weighted by Gasteiger charge is 2.29. The van der Waals surface area contributed by atoms with E-state index >= 15 is 0 Å². The molecule has 0 spiro atoms. The Morgan fingerprint density at radius 2 is 2.00 bits per heavy atom. The van der Waals surface area contributed by atoms with E-state index in [-0.39, 0.29) is 47.9 Å². The summed E-state index contributed by atoms with van der Waals surface area (Å²) in [5.74, 6) is -0.724. The number of aromatic nitrogens is 1. The molecule has 2 amide bonds. The minimum atomic E-state index is -3.85. The number of carbonyl (C=O) groups is 2. The highest BCUT2D eigenvalue weighted by atomic mass is 32.2. The van der Waals surface area contributed by atoms with Crippen LogP contribution in [0.4, 0.5) is 0 Å². The maximum absolute atomic E-state index is 12.8. The minimum Gasteiger partial charge on any atom is -0.354 e. The third-order valence-electron chi connectivity index (χ3n) is 4.29. The van der Waals surface area contributed by atoms with Crippen molar-refractivity contribution in [3.63, 3.8) is 0 Å². The number of nitrogens with one attached hydrogen (secondary N) is 2. The van der Waals surface area contributed by atoms with Crippen molar-refractivity contribution in [3.05, 3.63) is 59.9 Å². The molecule has 0 radical (unpaired) electrons. The van der Waals surface area contributed by atoms with Crippen molar-refractivity contribution in [1.29, 1.82) is 0 Å². The van der Waals surface area contributed by atoms with Crippen molar-refractivity contribution in [1.82, 2.24) is 19.9 Å². The Hall–Kier alpha value is -2.78. The minimum absolute atomic E-state index is 0.0126. The molecule has 1 atom stereocenters. The molecule has 142 valence electrons. The van der Waals surface area contributed by atoms with E-state index < -0.39 is 10.0 Å². The molecule has 1 aliphatic heterocycles. The Morgan fingerprint density at radius 1 is 1.26 bits per heavy atom. The van der Waals surface area contributed by atoms with Gasteiger partial charge in [-0.3, -0.25) is 14.6 Å². The summed E-state index contributed by atoms with van der Waals surface area (Å²) in [5, 5.41) is 5.43. The molecule has 1 aliphatic rings. The molecule has 0 aliphatic carbocycles. The zero-order valence-corrected chi connectivity index (χ0v) is 15.6. The van der Waals surface area contributed by atoms with E-state index in [1.807, 2.05) is 6.92 Å². The van der Waals surface area contributed by atoms with Crippen LogP contribution in [0.5, 0.6) is 0 Å². The van der Waals surface area contributed by atoms with Gasteiger partial charge in [-0.25, -0.2) is 8.42 Å². The zero-order valence-electron chi connectivity index (χ0n) is 14.8. The lowest BCUT2D eigenvalue weighted by atomic mass is 10.1. The molecule has 0 bridgehead atoms. The largest absolute Gasteiger partial charge is 0.354 e. The van der Waals surface area contributed by atoms with E-state index in [2.05, 4.69) is 15.6 Å². The second-order valence-electron chi connectivity index (χ2n) is 6.19. The number of sulfonamides is 1. The number of benzene rings is 1. The summed E-state index contributed by atoms with van der Waals surface area (Å²) >= 11 is 0. The van der Waals surface area contributed by atoms with Gasteiger partial charge in [0.2, 0.25) is 15.9 Å². The number of carbonyl (C=O) groups excluding carboxylic acids is 2. The molecule has 1 aromatic heterocycles. The Labute approximate surface area is 157 Å². The summed E-state index contributed by atoms with van der Waals surface area (Å²) in [4.78, 5) is 28.0. The van der Waals surface area contributed by atoms with Crippen LogP contribution in [-0.2, 0) is 14.8 Å². The van der Waals surface area contributed by atoms with Crippen LogP contribution in [-0.4, -0.2) is 49.2 Å². The maximum atomic E-state index is 12.8. The maximum Gasteiger partial charge on any atom is 0.251 e. The monoisotopic (exact) mass is 388 g/mol. The molecule has 1 unspecified atom stereocenters. The van der Waals surface area contributed by atoms with E-state index in [1.54, 1.807) is 30.6 Å². The Bertz CT molecular complexity index is 947. The molecule has 1 saturated heterocycles. The van der Waals surface area contributed by atoms with Crippen molar-refractivity contribution in [2.24, 2.45) is 0 Å². The van der Waals surface area contributed by atoms with E-state index in [0.29, 0.717) is 0 Å². The number of amides is 2. The highest BCUT2D eigenvalue weighted by Crippen LogP contribution is 2.19. The Morgan fingerprint density at radius 3 is 2.70 bits per heavy atom. The summed E-state index contributed by atoms with van der Waals surface area (Å²) in [5.41, 5.74) is 1.12. The average Bonchev–Trinajstić information content (AvgIpc) is 2.68. The first-order valence-corrected chi connectivity index (χ1v) is 9.89. The molecule has 1 aromatic carbocycles. The van der Waals surface area contributed by atoms with Crippen LogP contribution in [0.1, 0.15) is 28.9 Å². The van der Waals surface area contributed by atoms with Gasteiger partial charge >= 0.3 is 0 Å². The van der Waals surface area contributed by atoms with E-state index in [0.717, 1.165) is 9.87 Å². The van der Waals surface area contributed by atoms with Crippen LogP contribution in [0.3, 0.4) is 0 Å². The van der Waals surface area contributed by atoms with Gasteiger partial charge in [0.25, 0.3) is 5.91 Å². The number of pyridine rings is 1. The molecular formula is C18H20N4O4S. The van der Waals surface area contributed by atoms with E-state index in [9.17, 15) is 18.0 Å². The first-order valence-electron chi connectivity index (χ1n) is 8.45. The normalized spacial score (nSPS) is 16.4. The van der Waals surface area contributed by atoms with Gasteiger partial charge in [0, 0.05) is 31.0 Å². The number of hydrogen-bond acceptors (Lipinski definition) is 5. The van der Waals surface area contributed by atoms with E-state index in [1.165, 1.54) is 18.2 Å². The molecule has 27 heavy (non-hydrogen) atoms. The molecule has 2 aromatic rings. The topological polar surface area (TPSA) is 108 Å². The molecule has 1 fully saturated rings. The number of hydrogen-bond donors (Lipinski definition) is 2. The molecule has 3 rings (SSSR count). The van der Waals surface area contributed by atoms with Crippen molar-refractivity contribution in [3.8, 4) is 0 Å². The lowest BCUT2D eigenvalue weighted by Crippen LogP contribution is -2.49. The molecule has 2 N–H and O–H groups in total. The number of nitrogens with zero attached hydrogens (tertiary/aromatic N) is 2. The predicted octanol–water partition coefficient (Wildman–Crippen LogP) is 0.693. The predicted molar refractivity (Wildman–Crippen MR) is 98.3 cm³/mol. The summed E-state index contributed by atoms with van der Waals surface area (Å²) in [6, 6.07) is 9.16. The third-order valence-corrected chi connectivity index (χ3v) is 6.13. The lowest BCUT2D eigenvalue weighted by molar-refractivity contribution is -0.122. The van der Waals surface area contributed by atoms with Crippen LogP contribution < -0.4 is 10.6 Å². The fourth-order valence-electron chi connectivity index (χ4n) is 2.78. The van der Waals surface area contributed by atoms with Crippen molar-refractivity contribution in [2.45, 2.75) is 17.9 Å². The SMILES string of the molecule is CC(NC(=O)c1cccc(S(=O)(=O)N2CCNC(=O)C2)c1)c1ccncc1. The first-order chi connectivity index (χ1) is 12.9. The van der Waals surface area contributed by atoms with Gasteiger partial charge in [0.1, 0.15) is 0 Å². The molecule has 0 saturated carbocycles. The smallest absolute Gasteiger partial charge is 0.251 e. The van der Waals surface area contributed by atoms with Crippen LogP contribution in [0.25, 0.3) is 0 Å². The van der Waals surface area contributed by atoms with Gasteiger partial charge in [-0.1, -0.05) is 6.07 Å². The first kappa shape index (κ1) is 19.0. The van der Waals surface area contributed by atoms with Gasteiger partial charge in [0.15, 0.2) is 0 Å². The van der Waals surface area contributed by atoms with Gasteiger partial charge < -0.3 is 10.6 Å². The van der Waals surface area contributed by atoms with Gasteiger partial charge in [-0.05, 0) is 42.8 Å². The second kappa shape index (κ2) is 7.85. The van der Waals surface area contributed by atoms with Crippen LogP contribution >= 0.6 is 0 Å². The standard InChI is InChI=1S/C18H20N4O4S/c1-13(14-5-7-19-8-6-14)21-18(24)15-3-2-4-16(11-15)27(25,26)22-10-9-20-17(23)12-22/h2-8,11,13H,9-10,12H2,1H3,(H,20,23)(H,21,24). The third kappa shape index (κ3) is 4.32. The van der Waals surface area contributed by atoms with Crippen molar-refractivity contribution >= 4 is 21.8 Å². The van der Waals surface area contributed by atoms with Crippen molar-refractivity contribution in [2.75, 3.05) is 19.6 Å². The fraction of sp³-hybridized carbons (Fsp3) is 0.278. The van der Waals surface area contributed by atoms with Gasteiger partial charge in [0.05, 0.1) is 17.5 Å². The van der Waals surface area contributed by atoms with Crippen molar-refractivity contribution < 1.29 is 18.0 Å². The zero-order chi connectivity index (χ0) is 19.4. The van der Waals surface area contributed by atoms with Crippen LogP contribution in [0.2, 0.25) is 0 Å². The molecular weight excluding hydrogens is 368 g/mol. The Kier molecular flexibility index (Phi) is 5.52. The molecule has 2 heterocycles. The number of rotatable bonds is 5. The Balaban J connectivity index is 1.78. The molecule has 8 nitrogen and oxygen atoms in total. The molecule has 9 heteroatoms. The average molecular weight is 388 g/mol. The second-order valence-corrected chi connectivity index (χ2v) is 8.13. The summed E-state index contributed by atoms with van der Waals surface area (Å²) < 4.78 is 26.6. The van der Waals surface area contributed by atoms with Gasteiger partial charge in [-0.2, -0.15) is 4.31 Å². The van der Waals surface area contributed by atoms with Gasteiger partial charge in [-0.15, -0.1) is 0 Å². The summed E-state index contributed by atoms with van der Waals surface area (Å²) in [6.07, 6.45) is 3.28. The lowest BCUT2D eigenvalue weighted by Gasteiger charge is -2.26. The summed E-state index contributed by atoms with van der Waals surface area (Å²) in [6.45, 7) is 2.07. The summed E-state index contributed by atoms with van der Waals surface area (Å²) in [7, 11) is -3.85. The van der Waals surface area contributed by atoms with E-state index in [4.69, 9.17) is 0 Å². The highest BCUT2D eigenvalue weighted by molar-refractivity contribution is 7.89. The number of piperazine rings is 1. The quantitative estimate of drug-likeness (QED) is 0.784. The van der Waals surface area contributed by atoms with Crippen LogP contribution in [0, 0.1) is 0 Å². The fourth-order valence-corrected chi connectivity index (χ4v) is 4.23.